The van der Waals surface area contributed by atoms with E-state index in [1.54, 1.807) is 24.3 Å². The van der Waals surface area contributed by atoms with Crippen LogP contribution in [0.4, 0.5) is 5.69 Å². The van der Waals surface area contributed by atoms with Crippen LogP contribution in [0.3, 0.4) is 0 Å². The van der Waals surface area contributed by atoms with Crippen LogP contribution in [-0.4, -0.2) is 21.4 Å². The van der Waals surface area contributed by atoms with Crippen LogP contribution in [0.5, 0.6) is 5.75 Å². The van der Waals surface area contributed by atoms with Crippen LogP contribution in [0.15, 0.2) is 71.7 Å². The Balaban J connectivity index is 1.90. The summed E-state index contributed by atoms with van der Waals surface area (Å²) < 4.78 is 1.33. The van der Waals surface area contributed by atoms with Gasteiger partial charge in [0.25, 0.3) is 11.5 Å². The Morgan fingerprint density at radius 3 is 2.03 bits per heavy atom. The summed E-state index contributed by atoms with van der Waals surface area (Å²) in [5.74, 6) is -1.28. The van der Waals surface area contributed by atoms with Gasteiger partial charge >= 0.3 is 0 Å². The van der Waals surface area contributed by atoms with Crippen molar-refractivity contribution in [1.82, 2.24) is 4.57 Å². The van der Waals surface area contributed by atoms with Crippen molar-refractivity contribution >= 4 is 17.4 Å². The highest BCUT2D eigenvalue weighted by molar-refractivity contribution is 6.12. The predicted octanol–water partition coefficient (Wildman–Crippen LogP) is 5.57. The van der Waals surface area contributed by atoms with Crippen LogP contribution in [-0.2, 0) is 0 Å². The lowest BCUT2D eigenvalue weighted by Gasteiger charge is -2.15. The van der Waals surface area contributed by atoms with Gasteiger partial charge in [-0.1, -0.05) is 47.0 Å². The number of benzene rings is 3. The van der Waals surface area contributed by atoms with E-state index in [-0.39, 0.29) is 22.4 Å². The number of aromatic hydroxyl groups is 1. The summed E-state index contributed by atoms with van der Waals surface area (Å²) in [7, 11) is 0. The largest absolute Gasteiger partial charge is 0.507 e. The van der Waals surface area contributed by atoms with Crippen LogP contribution in [0.25, 0.3) is 5.69 Å². The van der Waals surface area contributed by atoms with E-state index in [4.69, 9.17) is 0 Å². The molecule has 182 valence electrons. The fourth-order valence-corrected chi connectivity index (χ4v) is 4.25. The van der Waals surface area contributed by atoms with E-state index >= 15 is 0 Å². The second-order valence-corrected chi connectivity index (χ2v) is 9.23. The molecular formula is C30H28N2O4. The minimum absolute atomic E-state index is 0.0987. The molecular weight excluding hydrogens is 452 g/mol. The van der Waals surface area contributed by atoms with E-state index in [1.165, 1.54) is 22.9 Å². The zero-order chi connectivity index (χ0) is 26.1. The number of ketones is 1. The zero-order valence-electron chi connectivity index (χ0n) is 21.0. The summed E-state index contributed by atoms with van der Waals surface area (Å²) in [5, 5.41) is 13.2. The Morgan fingerprint density at radius 2 is 1.36 bits per heavy atom. The van der Waals surface area contributed by atoms with E-state index in [0.29, 0.717) is 11.4 Å². The average Bonchev–Trinajstić information content (AvgIpc) is 2.82. The number of rotatable bonds is 5. The smallest absolute Gasteiger partial charge is 0.267 e. The quantitative estimate of drug-likeness (QED) is 0.366. The Labute approximate surface area is 209 Å². The minimum Gasteiger partial charge on any atom is -0.507 e. The normalized spacial score (nSPS) is 10.8. The second-order valence-electron chi connectivity index (χ2n) is 9.23. The van der Waals surface area contributed by atoms with Crippen molar-refractivity contribution in [1.29, 1.82) is 0 Å². The summed E-state index contributed by atoms with van der Waals surface area (Å²) >= 11 is 0. The van der Waals surface area contributed by atoms with Gasteiger partial charge in [-0.25, -0.2) is 0 Å². The molecule has 0 radical (unpaired) electrons. The SMILES string of the molecule is Cc1ccc(NC(=O)c2cc(C(=O)c3cc(C)ccc3O)cn(-c3ccc(C)cc3C)c2=O)c(C)c1. The Bertz CT molecular complexity index is 1580. The van der Waals surface area contributed by atoms with Crippen LogP contribution >= 0.6 is 0 Å². The van der Waals surface area contributed by atoms with Crippen LogP contribution in [0.2, 0.25) is 0 Å². The summed E-state index contributed by atoms with van der Waals surface area (Å²) in [4.78, 5) is 40.4. The van der Waals surface area contributed by atoms with E-state index in [9.17, 15) is 19.5 Å². The summed E-state index contributed by atoms with van der Waals surface area (Å²) in [6.45, 7) is 9.46. The van der Waals surface area contributed by atoms with Crippen molar-refractivity contribution in [2.75, 3.05) is 5.32 Å². The number of hydrogen-bond donors (Lipinski definition) is 2. The first kappa shape index (κ1) is 24.7. The van der Waals surface area contributed by atoms with Crippen molar-refractivity contribution < 1.29 is 14.7 Å². The molecule has 0 atom stereocenters. The lowest BCUT2D eigenvalue weighted by atomic mass is 10.00. The maximum atomic E-state index is 13.6. The number of carbonyl (C=O) groups excluding carboxylic acids is 2. The topological polar surface area (TPSA) is 88.4 Å². The molecule has 0 aliphatic carbocycles. The fraction of sp³-hybridized carbons (Fsp3) is 0.167. The number of nitrogens with zero attached hydrogens (tertiary/aromatic N) is 1. The maximum Gasteiger partial charge on any atom is 0.267 e. The zero-order valence-corrected chi connectivity index (χ0v) is 21.0. The van der Waals surface area contributed by atoms with Crippen molar-refractivity contribution in [2.24, 2.45) is 0 Å². The Kier molecular flexibility index (Phi) is 6.62. The highest BCUT2D eigenvalue weighted by Crippen LogP contribution is 2.24. The maximum absolute atomic E-state index is 13.6. The molecule has 36 heavy (non-hydrogen) atoms. The lowest BCUT2D eigenvalue weighted by molar-refractivity contribution is 0.102. The van der Waals surface area contributed by atoms with Gasteiger partial charge in [0.05, 0.1) is 11.3 Å². The number of aromatic nitrogens is 1. The molecule has 0 fully saturated rings. The number of carbonyl (C=O) groups is 2. The number of anilines is 1. The van der Waals surface area contributed by atoms with Crippen molar-refractivity contribution in [3.05, 3.63) is 122 Å². The number of phenolic OH excluding ortho intramolecular Hbond substituents is 1. The van der Waals surface area contributed by atoms with Gasteiger partial charge in [-0.2, -0.15) is 0 Å². The van der Waals surface area contributed by atoms with Gasteiger partial charge in [-0.3, -0.25) is 19.0 Å². The third kappa shape index (κ3) is 4.84. The monoisotopic (exact) mass is 480 g/mol. The highest BCUT2D eigenvalue weighted by atomic mass is 16.3. The molecule has 6 nitrogen and oxygen atoms in total. The Hall–Kier alpha value is -4.45. The molecule has 0 unspecified atom stereocenters. The average molecular weight is 481 g/mol. The summed E-state index contributed by atoms with van der Waals surface area (Å²) in [6, 6.07) is 17.2. The molecule has 0 aliphatic rings. The molecule has 6 heteroatoms. The molecule has 1 heterocycles. The summed E-state index contributed by atoms with van der Waals surface area (Å²) in [5.41, 5.74) is 5.18. The van der Waals surface area contributed by atoms with E-state index in [0.717, 1.165) is 27.8 Å². The van der Waals surface area contributed by atoms with E-state index in [1.807, 2.05) is 58.9 Å². The standard InChI is InChI=1S/C30H28N2O4/c1-17-6-9-25(20(4)12-17)31-29(35)24-15-22(28(34)23-14-19(3)8-11-27(23)33)16-32(30(24)36)26-10-7-18(2)13-21(26)5/h6-16,33H,1-5H3,(H,31,35). The molecule has 0 spiro atoms. The molecule has 4 rings (SSSR count). The molecule has 0 aliphatic heterocycles. The molecule has 3 aromatic carbocycles. The first-order valence-electron chi connectivity index (χ1n) is 11.6. The van der Waals surface area contributed by atoms with E-state index in [2.05, 4.69) is 5.32 Å². The van der Waals surface area contributed by atoms with Crippen molar-refractivity contribution in [3.8, 4) is 11.4 Å². The number of aryl methyl sites for hydroxylation is 5. The van der Waals surface area contributed by atoms with Crippen molar-refractivity contribution in [2.45, 2.75) is 34.6 Å². The highest BCUT2D eigenvalue weighted by Gasteiger charge is 2.22. The van der Waals surface area contributed by atoms with Gasteiger partial charge in [0.2, 0.25) is 0 Å². The molecule has 1 amide bonds. The van der Waals surface area contributed by atoms with Crippen LogP contribution < -0.4 is 10.9 Å². The number of hydrogen-bond acceptors (Lipinski definition) is 4. The first-order chi connectivity index (χ1) is 17.0. The minimum atomic E-state index is -0.617. The molecule has 4 aromatic rings. The third-order valence-electron chi connectivity index (χ3n) is 6.16. The van der Waals surface area contributed by atoms with Gasteiger partial charge < -0.3 is 10.4 Å². The summed E-state index contributed by atoms with van der Waals surface area (Å²) in [6.07, 6.45) is 1.43. The number of phenols is 1. The Morgan fingerprint density at radius 1 is 0.750 bits per heavy atom. The van der Waals surface area contributed by atoms with Gasteiger partial charge in [-0.05, 0) is 76.1 Å². The molecule has 2 N–H and O–H groups in total. The van der Waals surface area contributed by atoms with Gasteiger partial charge in [0.1, 0.15) is 11.3 Å². The van der Waals surface area contributed by atoms with Crippen molar-refractivity contribution in [3.63, 3.8) is 0 Å². The van der Waals surface area contributed by atoms with Crippen LogP contribution in [0, 0.1) is 34.6 Å². The number of nitrogens with one attached hydrogen (secondary N) is 1. The first-order valence-corrected chi connectivity index (χ1v) is 11.6. The van der Waals surface area contributed by atoms with Gasteiger partial charge in [0, 0.05) is 17.4 Å². The lowest BCUT2D eigenvalue weighted by Crippen LogP contribution is -2.30. The molecule has 0 saturated heterocycles. The predicted molar refractivity (Wildman–Crippen MR) is 142 cm³/mol. The van der Waals surface area contributed by atoms with E-state index < -0.39 is 17.2 Å². The molecule has 0 saturated carbocycles. The number of pyridine rings is 1. The second kappa shape index (κ2) is 9.66. The molecule has 0 bridgehead atoms. The van der Waals surface area contributed by atoms with Gasteiger partial charge in [-0.15, -0.1) is 0 Å². The fourth-order valence-electron chi connectivity index (χ4n) is 4.25. The molecule has 1 aromatic heterocycles. The number of amides is 1. The van der Waals surface area contributed by atoms with Crippen LogP contribution in [0.1, 0.15) is 54.1 Å². The van der Waals surface area contributed by atoms with Gasteiger partial charge in [0.15, 0.2) is 5.78 Å². The third-order valence-corrected chi connectivity index (χ3v) is 6.16.